The normalized spacial score (nSPS) is 9.76. The Morgan fingerprint density at radius 2 is 1.88 bits per heavy atom. The van der Waals surface area contributed by atoms with Crippen molar-refractivity contribution in [2.45, 2.75) is 13.5 Å². The summed E-state index contributed by atoms with van der Waals surface area (Å²) in [6, 6.07) is 9.38. The van der Waals surface area contributed by atoms with Crippen LogP contribution in [0.1, 0.15) is 12.5 Å². The summed E-state index contributed by atoms with van der Waals surface area (Å²) in [5.74, 6) is -0.861. The van der Waals surface area contributed by atoms with Gasteiger partial charge in [0.2, 0.25) is 5.91 Å². The van der Waals surface area contributed by atoms with Gasteiger partial charge in [0.05, 0.1) is 7.11 Å². The van der Waals surface area contributed by atoms with E-state index in [9.17, 15) is 9.59 Å². The maximum absolute atomic E-state index is 11.2. The Balaban J connectivity index is 2.50. The van der Waals surface area contributed by atoms with Gasteiger partial charge in [0, 0.05) is 6.92 Å². The molecule has 5 heteroatoms. The maximum atomic E-state index is 11.2. The van der Waals surface area contributed by atoms with E-state index in [-0.39, 0.29) is 19.1 Å². The molecule has 5 nitrogen and oxygen atoms in total. The van der Waals surface area contributed by atoms with Gasteiger partial charge in [0.15, 0.2) is 0 Å². The van der Waals surface area contributed by atoms with Gasteiger partial charge in [0.1, 0.15) is 13.2 Å². The summed E-state index contributed by atoms with van der Waals surface area (Å²) in [7, 11) is 1.26. The van der Waals surface area contributed by atoms with E-state index in [1.54, 1.807) is 0 Å². The van der Waals surface area contributed by atoms with Gasteiger partial charge in [-0.2, -0.15) is 0 Å². The zero-order valence-electron chi connectivity index (χ0n) is 9.88. The molecule has 0 spiro atoms. The Hall–Kier alpha value is -1.88. The first-order valence-corrected chi connectivity index (χ1v) is 5.15. The molecule has 0 aliphatic heterocycles. The summed E-state index contributed by atoms with van der Waals surface area (Å²) in [4.78, 5) is 27.5. The van der Waals surface area contributed by atoms with Gasteiger partial charge >= 0.3 is 5.97 Å². The Labute approximate surface area is 99.9 Å². The summed E-state index contributed by atoms with van der Waals surface area (Å²) in [5, 5.41) is 0.985. The number of carbonyl (C=O) groups is 2. The zero-order valence-corrected chi connectivity index (χ0v) is 9.88. The van der Waals surface area contributed by atoms with E-state index in [4.69, 9.17) is 4.84 Å². The van der Waals surface area contributed by atoms with Crippen molar-refractivity contribution >= 4 is 11.9 Å². The first-order valence-electron chi connectivity index (χ1n) is 5.15. The molecule has 0 unspecified atom stereocenters. The molecule has 1 amide bonds. The van der Waals surface area contributed by atoms with Crippen LogP contribution in [-0.4, -0.2) is 30.6 Å². The minimum Gasteiger partial charge on any atom is -0.468 e. The van der Waals surface area contributed by atoms with Crippen molar-refractivity contribution < 1.29 is 19.2 Å². The van der Waals surface area contributed by atoms with Gasteiger partial charge in [-0.05, 0) is 5.56 Å². The molecule has 0 saturated heterocycles. The second kappa shape index (κ2) is 6.65. The average Bonchev–Trinajstić information content (AvgIpc) is 2.35. The third-order valence-corrected chi connectivity index (χ3v) is 2.08. The molecule has 0 radical (unpaired) electrons. The highest BCUT2D eigenvalue weighted by atomic mass is 16.7. The molecule has 0 saturated carbocycles. The fourth-order valence-corrected chi connectivity index (χ4v) is 1.16. The lowest BCUT2D eigenvalue weighted by Gasteiger charge is -2.18. The van der Waals surface area contributed by atoms with E-state index in [1.807, 2.05) is 30.3 Å². The molecule has 92 valence electrons. The maximum Gasteiger partial charge on any atom is 0.328 e. The quantitative estimate of drug-likeness (QED) is 0.569. The van der Waals surface area contributed by atoms with Crippen molar-refractivity contribution in [1.29, 1.82) is 0 Å². The van der Waals surface area contributed by atoms with Gasteiger partial charge in [-0.25, -0.2) is 5.06 Å². The monoisotopic (exact) mass is 237 g/mol. The second-order valence-corrected chi connectivity index (χ2v) is 3.39. The largest absolute Gasteiger partial charge is 0.468 e. The number of rotatable bonds is 5. The number of benzene rings is 1. The average molecular weight is 237 g/mol. The van der Waals surface area contributed by atoms with E-state index in [0.717, 1.165) is 10.6 Å². The van der Waals surface area contributed by atoms with Crippen LogP contribution in [-0.2, 0) is 25.8 Å². The lowest BCUT2D eigenvalue weighted by Crippen LogP contribution is -2.34. The number of hydrogen-bond donors (Lipinski definition) is 0. The van der Waals surface area contributed by atoms with Crippen LogP contribution < -0.4 is 0 Å². The van der Waals surface area contributed by atoms with Crippen LogP contribution in [0.3, 0.4) is 0 Å². The molecule has 0 fully saturated rings. The summed E-state index contributed by atoms with van der Waals surface area (Å²) in [6.45, 7) is 1.35. The van der Waals surface area contributed by atoms with Crippen molar-refractivity contribution in [3.8, 4) is 0 Å². The van der Waals surface area contributed by atoms with Gasteiger partial charge in [-0.1, -0.05) is 30.3 Å². The molecule has 0 heterocycles. The topological polar surface area (TPSA) is 55.8 Å². The highest BCUT2D eigenvalue weighted by Crippen LogP contribution is 2.03. The molecular formula is C12H15NO4. The first-order chi connectivity index (χ1) is 8.13. The molecule has 1 rings (SSSR count). The van der Waals surface area contributed by atoms with Crippen LogP contribution in [0, 0.1) is 0 Å². The number of hydrogen-bond acceptors (Lipinski definition) is 4. The Morgan fingerprint density at radius 1 is 1.24 bits per heavy atom. The van der Waals surface area contributed by atoms with Crippen LogP contribution in [0.4, 0.5) is 0 Å². The molecule has 1 aromatic carbocycles. The molecule has 0 N–H and O–H groups in total. The molecule has 0 aliphatic carbocycles. The Morgan fingerprint density at radius 3 is 2.41 bits per heavy atom. The summed E-state index contributed by atoms with van der Waals surface area (Å²) < 4.78 is 4.47. The third-order valence-electron chi connectivity index (χ3n) is 2.08. The highest BCUT2D eigenvalue weighted by molar-refractivity contribution is 5.79. The summed E-state index contributed by atoms with van der Waals surface area (Å²) in [6.07, 6.45) is 0. The lowest BCUT2D eigenvalue weighted by molar-refractivity contribution is -0.195. The number of esters is 1. The number of hydroxylamine groups is 2. The van der Waals surface area contributed by atoms with Crippen molar-refractivity contribution in [2.24, 2.45) is 0 Å². The standard InChI is InChI=1S/C12H15NO4/c1-10(14)13(8-12(15)16-2)17-9-11-6-4-3-5-7-11/h3-7H,8-9H2,1-2H3. The number of carbonyl (C=O) groups excluding carboxylic acids is 2. The minimum absolute atomic E-state index is 0.210. The number of methoxy groups -OCH3 is 1. The number of ether oxygens (including phenoxy) is 1. The van der Waals surface area contributed by atoms with Crippen LogP contribution in [0.15, 0.2) is 30.3 Å². The second-order valence-electron chi connectivity index (χ2n) is 3.39. The van der Waals surface area contributed by atoms with Crippen LogP contribution in [0.25, 0.3) is 0 Å². The smallest absolute Gasteiger partial charge is 0.328 e. The van der Waals surface area contributed by atoms with Crippen LogP contribution in [0.5, 0.6) is 0 Å². The van der Waals surface area contributed by atoms with Crippen molar-refractivity contribution in [1.82, 2.24) is 5.06 Å². The molecule has 0 bridgehead atoms. The summed E-state index contributed by atoms with van der Waals surface area (Å²) in [5.41, 5.74) is 0.920. The van der Waals surface area contributed by atoms with Gasteiger partial charge in [-0.15, -0.1) is 0 Å². The van der Waals surface area contributed by atoms with Crippen molar-refractivity contribution in [3.05, 3.63) is 35.9 Å². The van der Waals surface area contributed by atoms with Crippen LogP contribution in [0.2, 0.25) is 0 Å². The van der Waals surface area contributed by atoms with E-state index in [2.05, 4.69) is 4.74 Å². The van der Waals surface area contributed by atoms with E-state index < -0.39 is 5.97 Å². The predicted octanol–water partition coefficient (Wildman–Crippen LogP) is 1.14. The zero-order chi connectivity index (χ0) is 12.7. The van der Waals surface area contributed by atoms with Crippen molar-refractivity contribution in [3.63, 3.8) is 0 Å². The van der Waals surface area contributed by atoms with Gasteiger partial charge in [-0.3, -0.25) is 14.4 Å². The Kier molecular flexibility index (Phi) is 5.16. The van der Waals surface area contributed by atoms with E-state index in [0.29, 0.717) is 0 Å². The fraction of sp³-hybridized carbons (Fsp3) is 0.333. The SMILES string of the molecule is COC(=O)CN(OCc1ccccc1)C(C)=O. The number of amides is 1. The molecule has 1 aromatic rings. The third kappa shape index (κ3) is 4.65. The van der Waals surface area contributed by atoms with Gasteiger partial charge < -0.3 is 4.74 Å². The molecule has 17 heavy (non-hydrogen) atoms. The highest BCUT2D eigenvalue weighted by Gasteiger charge is 2.14. The van der Waals surface area contributed by atoms with E-state index >= 15 is 0 Å². The molecule has 0 atom stereocenters. The van der Waals surface area contributed by atoms with Gasteiger partial charge in [0.25, 0.3) is 0 Å². The summed E-state index contributed by atoms with van der Waals surface area (Å²) >= 11 is 0. The fourth-order valence-electron chi connectivity index (χ4n) is 1.16. The van der Waals surface area contributed by atoms with Crippen LogP contribution >= 0.6 is 0 Å². The first kappa shape index (κ1) is 13.2. The molecule has 0 aliphatic rings. The Bertz CT molecular complexity index is 377. The number of nitrogens with zero attached hydrogens (tertiary/aromatic N) is 1. The van der Waals surface area contributed by atoms with Crippen molar-refractivity contribution in [2.75, 3.05) is 13.7 Å². The molecular weight excluding hydrogens is 222 g/mol. The predicted molar refractivity (Wildman–Crippen MR) is 60.6 cm³/mol. The lowest BCUT2D eigenvalue weighted by atomic mass is 10.2. The molecule has 0 aromatic heterocycles. The van der Waals surface area contributed by atoms with E-state index in [1.165, 1.54) is 14.0 Å². The minimum atomic E-state index is -0.520.